The Balaban J connectivity index is 1.80. The Morgan fingerprint density at radius 3 is 2.44 bits per heavy atom. The SMILES string of the molecule is C1CCC(C2CC2)SC1. The van der Waals surface area contributed by atoms with E-state index in [2.05, 4.69) is 11.8 Å². The average Bonchev–Trinajstić information content (AvgIpc) is 2.71. The van der Waals surface area contributed by atoms with Crippen LogP contribution in [0.4, 0.5) is 0 Å². The standard InChI is InChI=1S/C8H14S/c1-2-6-9-8(3-1)7-4-5-7/h7-8H,1-6H2. The summed E-state index contributed by atoms with van der Waals surface area (Å²) < 4.78 is 0. The normalized spacial score (nSPS) is 36.7. The van der Waals surface area contributed by atoms with Gasteiger partial charge in [0.15, 0.2) is 0 Å². The van der Waals surface area contributed by atoms with Gasteiger partial charge in [-0.3, -0.25) is 0 Å². The number of hydrogen-bond donors (Lipinski definition) is 0. The number of thioether (sulfide) groups is 1. The molecule has 0 aromatic carbocycles. The first-order chi connectivity index (χ1) is 4.47. The molecule has 1 saturated heterocycles. The molecule has 0 nitrogen and oxygen atoms in total. The lowest BCUT2D eigenvalue weighted by atomic mass is 10.1. The Labute approximate surface area is 61.4 Å². The van der Waals surface area contributed by atoms with E-state index < -0.39 is 0 Å². The predicted octanol–water partition coefficient (Wildman–Crippen LogP) is 2.68. The van der Waals surface area contributed by atoms with Gasteiger partial charge >= 0.3 is 0 Å². The summed E-state index contributed by atoms with van der Waals surface area (Å²) in [5, 5.41) is 1.08. The fourth-order valence-electron chi connectivity index (χ4n) is 1.61. The van der Waals surface area contributed by atoms with Crippen molar-refractivity contribution in [1.29, 1.82) is 0 Å². The monoisotopic (exact) mass is 142 g/mol. The fourth-order valence-corrected chi connectivity index (χ4v) is 3.16. The van der Waals surface area contributed by atoms with E-state index in [1.807, 2.05) is 0 Å². The van der Waals surface area contributed by atoms with Gasteiger partial charge in [-0.25, -0.2) is 0 Å². The molecule has 2 fully saturated rings. The van der Waals surface area contributed by atoms with Gasteiger partial charge in [0.05, 0.1) is 0 Å². The highest BCUT2D eigenvalue weighted by molar-refractivity contribution is 7.99. The van der Waals surface area contributed by atoms with Gasteiger partial charge in [0, 0.05) is 5.25 Å². The maximum Gasteiger partial charge on any atom is 0.00753 e. The Hall–Kier alpha value is 0.350. The summed E-state index contributed by atoms with van der Waals surface area (Å²) in [6, 6.07) is 0. The third-order valence-corrected chi connectivity index (χ3v) is 3.94. The largest absolute Gasteiger partial charge is 0.158 e. The van der Waals surface area contributed by atoms with Crippen molar-refractivity contribution in [3.8, 4) is 0 Å². The van der Waals surface area contributed by atoms with Gasteiger partial charge in [0.25, 0.3) is 0 Å². The Bertz CT molecular complexity index is 90.7. The van der Waals surface area contributed by atoms with Gasteiger partial charge in [-0.05, 0) is 37.4 Å². The van der Waals surface area contributed by atoms with E-state index in [0.29, 0.717) is 0 Å². The topological polar surface area (TPSA) is 0 Å². The van der Waals surface area contributed by atoms with Crippen molar-refractivity contribution >= 4 is 11.8 Å². The van der Waals surface area contributed by atoms with E-state index in [-0.39, 0.29) is 0 Å². The van der Waals surface area contributed by atoms with E-state index in [1.165, 1.54) is 37.9 Å². The summed E-state index contributed by atoms with van der Waals surface area (Å²) in [7, 11) is 0. The average molecular weight is 142 g/mol. The van der Waals surface area contributed by atoms with Crippen LogP contribution < -0.4 is 0 Å². The van der Waals surface area contributed by atoms with Crippen molar-refractivity contribution < 1.29 is 0 Å². The summed E-state index contributed by atoms with van der Waals surface area (Å²) in [5.74, 6) is 2.59. The maximum absolute atomic E-state index is 2.23. The molecule has 1 atom stereocenters. The third-order valence-electron chi connectivity index (χ3n) is 2.36. The fraction of sp³-hybridized carbons (Fsp3) is 1.00. The van der Waals surface area contributed by atoms with Crippen LogP contribution in [0, 0.1) is 5.92 Å². The van der Waals surface area contributed by atoms with Crippen molar-refractivity contribution in [2.24, 2.45) is 5.92 Å². The molecule has 0 aromatic heterocycles. The van der Waals surface area contributed by atoms with Gasteiger partial charge in [-0.2, -0.15) is 11.8 Å². The van der Waals surface area contributed by atoms with E-state index in [1.54, 1.807) is 0 Å². The lowest BCUT2D eigenvalue weighted by Gasteiger charge is -2.20. The second kappa shape index (κ2) is 2.53. The van der Waals surface area contributed by atoms with E-state index in [4.69, 9.17) is 0 Å². The van der Waals surface area contributed by atoms with Gasteiger partial charge in [-0.1, -0.05) is 6.42 Å². The first-order valence-electron chi connectivity index (χ1n) is 4.08. The quantitative estimate of drug-likeness (QED) is 0.542. The summed E-state index contributed by atoms with van der Waals surface area (Å²) >= 11 is 2.23. The van der Waals surface area contributed by atoms with Crippen molar-refractivity contribution in [2.45, 2.75) is 37.4 Å². The van der Waals surface area contributed by atoms with Gasteiger partial charge in [0.2, 0.25) is 0 Å². The van der Waals surface area contributed by atoms with Crippen LogP contribution in [0.25, 0.3) is 0 Å². The van der Waals surface area contributed by atoms with Crippen LogP contribution in [-0.4, -0.2) is 11.0 Å². The molecule has 52 valence electrons. The van der Waals surface area contributed by atoms with E-state index in [9.17, 15) is 0 Å². The van der Waals surface area contributed by atoms with Crippen molar-refractivity contribution in [2.75, 3.05) is 5.75 Å². The molecule has 0 bridgehead atoms. The predicted molar refractivity (Wildman–Crippen MR) is 42.8 cm³/mol. The van der Waals surface area contributed by atoms with E-state index >= 15 is 0 Å². The van der Waals surface area contributed by atoms with Crippen LogP contribution in [0.15, 0.2) is 0 Å². The highest BCUT2D eigenvalue weighted by Gasteiger charge is 2.31. The molecule has 1 aliphatic carbocycles. The Kier molecular flexibility index (Phi) is 1.71. The van der Waals surface area contributed by atoms with Crippen LogP contribution in [0.1, 0.15) is 32.1 Å². The molecular weight excluding hydrogens is 128 g/mol. The first-order valence-corrected chi connectivity index (χ1v) is 5.13. The molecule has 0 amide bonds. The molecule has 1 unspecified atom stereocenters. The van der Waals surface area contributed by atoms with Crippen molar-refractivity contribution in [1.82, 2.24) is 0 Å². The molecule has 1 heterocycles. The second-order valence-electron chi connectivity index (χ2n) is 3.24. The summed E-state index contributed by atoms with van der Waals surface area (Å²) in [4.78, 5) is 0. The summed E-state index contributed by atoms with van der Waals surface area (Å²) in [5.41, 5.74) is 0. The van der Waals surface area contributed by atoms with Crippen molar-refractivity contribution in [3.05, 3.63) is 0 Å². The Morgan fingerprint density at radius 1 is 1.00 bits per heavy atom. The maximum atomic E-state index is 2.23. The van der Waals surface area contributed by atoms with Gasteiger partial charge < -0.3 is 0 Å². The van der Waals surface area contributed by atoms with Crippen LogP contribution in [0.3, 0.4) is 0 Å². The van der Waals surface area contributed by atoms with Crippen LogP contribution in [0.5, 0.6) is 0 Å². The molecule has 0 aromatic rings. The number of rotatable bonds is 1. The third kappa shape index (κ3) is 1.43. The molecule has 0 spiro atoms. The smallest absolute Gasteiger partial charge is 0.00753 e. The first kappa shape index (κ1) is 6.09. The highest BCUT2D eigenvalue weighted by Crippen LogP contribution is 2.43. The van der Waals surface area contributed by atoms with Crippen LogP contribution >= 0.6 is 11.8 Å². The molecule has 1 saturated carbocycles. The highest BCUT2D eigenvalue weighted by atomic mass is 32.2. The van der Waals surface area contributed by atoms with Gasteiger partial charge in [-0.15, -0.1) is 0 Å². The van der Waals surface area contributed by atoms with Crippen molar-refractivity contribution in [3.63, 3.8) is 0 Å². The lowest BCUT2D eigenvalue weighted by molar-refractivity contribution is 0.618. The molecule has 2 aliphatic rings. The molecule has 9 heavy (non-hydrogen) atoms. The molecule has 1 heteroatoms. The molecule has 1 aliphatic heterocycles. The summed E-state index contributed by atoms with van der Waals surface area (Å²) in [6.07, 6.45) is 7.59. The zero-order valence-corrected chi connectivity index (χ0v) is 6.62. The van der Waals surface area contributed by atoms with Crippen LogP contribution in [0.2, 0.25) is 0 Å². The zero-order chi connectivity index (χ0) is 6.10. The number of hydrogen-bond acceptors (Lipinski definition) is 1. The zero-order valence-electron chi connectivity index (χ0n) is 5.81. The van der Waals surface area contributed by atoms with E-state index in [0.717, 1.165) is 11.2 Å². The molecular formula is C8H14S. The lowest BCUT2D eigenvalue weighted by Crippen LogP contribution is -2.10. The minimum Gasteiger partial charge on any atom is -0.158 e. The molecule has 0 N–H and O–H groups in total. The second-order valence-corrected chi connectivity index (χ2v) is 4.59. The Morgan fingerprint density at radius 2 is 1.89 bits per heavy atom. The van der Waals surface area contributed by atoms with Crippen LogP contribution in [-0.2, 0) is 0 Å². The molecule has 2 rings (SSSR count). The minimum absolute atomic E-state index is 1.08. The van der Waals surface area contributed by atoms with Gasteiger partial charge in [0.1, 0.15) is 0 Å². The molecule has 0 radical (unpaired) electrons. The summed E-state index contributed by atoms with van der Waals surface area (Å²) in [6.45, 7) is 0. The minimum atomic E-state index is 1.08.